The highest BCUT2D eigenvalue weighted by molar-refractivity contribution is 6.38. The molecule has 0 atom stereocenters. The van der Waals surface area contributed by atoms with Gasteiger partial charge in [0.25, 0.3) is 0 Å². The standard InChI is InChI=1S/C16H10O4/c17-13-6-5-9(7-15(13)19)12-8-14(18)10-3-1-2-4-11(10)16(12)20/h1-8,17,19H. The average molecular weight is 266 g/mol. The lowest BCUT2D eigenvalue weighted by molar-refractivity contribution is 0.100. The van der Waals surface area contributed by atoms with E-state index in [0.29, 0.717) is 16.7 Å². The van der Waals surface area contributed by atoms with E-state index in [-0.39, 0.29) is 28.6 Å². The zero-order valence-corrected chi connectivity index (χ0v) is 10.3. The van der Waals surface area contributed by atoms with E-state index in [0.717, 1.165) is 0 Å². The number of fused-ring (bicyclic) bond motifs is 1. The van der Waals surface area contributed by atoms with Crippen LogP contribution in [-0.2, 0) is 0 Å². The molecule has 0 saturated heterocycles. The third-order valence-corrected chi connectivity index (χ3v) is 3.24. The molecule has 0 amide bonds. The SMILES string of the molecule is O=C1C=C(c2ccc(O)c(O)c2)C(=O)c2ccccc21. The number of aromatic hydroxyl groups is 2. The normalized spacial score (nSPS) is 13.9. The van der Waals surface area contributed by atoms with Crippen molar-refractivity contribution >= 4 is 17.1 Å². The van der Waals surface area contributed by atoms with Crippen molar-refractivity contribution in [2.45, 2.75) is 0 Å². The largest absolute Gasteiger partial charge is 0.504 e. The van der Waals surface area contributed by atoms with Gasteiger partial charge in [-0.05, 0) is 23.8 Å². The summed E-state index contributed by atoms with van der Waals surface area (Å²) in [6.45, 7) is 0. The van der Waals surface area contributed by atoms with E-state index in [2.05, 4.69) is 0 Å². The minimum atomic E-state index is -0.331. The zero-order valence-electron chi connectivity index (χ0n) is 10.3. The van der Waals surface area contributed by atoms with E-state index in [1.54, 1.807) is 24.3 Å². The van der Waals surface area contributed by atoms with E-state index in [9.17, 15) is 19.8 Å². The molecule has 0 saturated carbocycles. The number of phenols is 2. The second-order valence-corrected chi connectivity index (χ2v) is 4.50. The Kier molecular flexibility index (Phi) is 2.64. The number of rotatable bonds is 1. The molecule has 0 aromatic heterocycles. The van der Waals surface area contributed by atoms with Crippen LogP contribution in [0.2, 0.25) is 0 Å². The van der Waals surface area contributed by atoms with Crippen molar-refractivity contribution in [3.8, 4) is 11.5 Å². The Morgan fingerprint density at radius 3 is 2.20 bits per heavy atom. The molecule has 4 heteroatoms. The Hall–Kier alpha value is -2.88. The van der Waals surface area contributed by atoms with Crippen LogP contribution < -0.4 is 0 Å². The maximum absolute atomic E-state index is 12.4. The van der Waals surface area contributed by atoms with Gasteiger partial charge < -0.3 is 10.2 Å². The fraction of sp³-hybridized carbons (Fsp3) is 0. The maximum Gasteiger partial charge on any atom is 0.194 e. The van der Waals surface area contributed by atoms with Crippen molar-refractivity contribution in [1.29, 1.82) is 0 Å². The van der Waals surface area contributed by atoms with Crippen molar-refractivity contribution in [2.75, 3.05) is 0 Å². The van der Waals surface area contributed by atoms with Gasteiger partial charge in [-0.15, -0.1) is 0 Å². The van der Waals surface area contributed by atoms with Gasteiger partial charge in [-0.3, -0.25) is 9.59 Å². The number of ketones is 2. The lowest BCUT2D eigenvalue weighted by Crippen LogP contribution is -2.15. The molecule has 0 bridgehead atoms. The summed E-state index contributed by atoms with van der Waals surface area (Å²) in [6, 6.07) is 10.6. The van der Waals surface area contributed by atoms with E-state index in [1.165, 1.54) is 24.3 Å². The number of hydrogen-bond acceptors (Lipinski definition) is 4. The number of allylic oxidation sites excluding steroid dienone is 2. The monoisotopic (exact) mass is 266 g/mol. The predicted octanol–water partition coefficient (Wildman–Crippen LogP) is 2.56. The van der Waals surface area contributed by atoms with Crippen LogP contribution >= 0.6 is 0 Å². The first kappa shape index (κ1) is 12.2. The molecule has 0 radical (unpaired) electrons. The summed E-state index contributed by atoms with van der Waals surface area (Å²) >= 11 is 0. The topological polar surface area (TPSA) is 74.6 Å². The first-order valence-corrected chi connectivity index (χ1v) is 6.00. The Labute approximate surface area is 114 Å². The fourth-order valence-corrected chi connectivity index (χ4v) is 2.22. The number of carbonyl (C=O) groups is 2. The molecule has 2 aromatic carbocycles. The number of carbonyl (C=O) groups excluding carboxylic acids is 2. The highest BCUT2D eigenvalue weighted by Gasteiger charge is 2.26. The van der Waals surface area contributed by atoms with Gasteiger partial charge in [-0.1, -0.05) is 30.3 Å². The van der Waals surface area contributed by atoms with Crippen LogP contribution in [0.5, 0.6) is 11.5 Å². The molecule has 4 nitrogen and oxygen atoms in total. The van der Waals surface area contributed by atoms with Gasteiger partial charge in [0.1, 0.15) is 0 Å². The lowest BCUT2D eigenvalue weighted by Gasteiger charge is -2.15. The lowest BCUT2D eigenvalue weighted by atomic mass is 9.86. The molecule has 0 heterocycles. The summed E-state index contributed by atoms with van der Waals surface area (Å²) < 4.78 is 0. The van der Waals surface area contributed by atoms with Crippen LogP contribution in [0.1, 0.15) is 26.3 Å². The first-order chi connectivity index (χ1) is 9.58. The predicted molar refractivity (Wildman–Crippen MR) is 72.9 cm³/mol. The minimum Gasteiger partial charge on any atom is -0.504 e. The molecule has 0 aliphatic heterocycles. The second kappa shape index (κ2) is 4.35. The molecule has 98 valence electrons. The highest BCUT2D eigenvalue weighted by Crippen LogP contribution is 2.32. The van der Waals surface area contributed by atoms with Gasteiger partial charge >= 0.3 is 0 Å². The van der Waals surface area contributed by atoms with Crippen molar-refractivity contribution in [3.63, 3.8) is 0 Å². The molecule has 20 heavy (non-hydrogen) atoms. The van der Waals surface area contributed by atoms with Crippen LogP contribution in [-0.4, -0.2) is 21.8 Å². The van der Waals surface area contributed by atoms with Gasteiger partial charge in [-0.2, -0.15) is 0 Å². The molecule has 3 rings (SSSR count). The molecular weight excluding hydrogens is 256 g/mol. The molecule has 1 aliphatic carbocycles. The van der Waals surface area contributed by atoms with E-state index in [1.807, 2.05) is 0 Å². The maximum atomic E-state index is 12.4. The van der Waals surface area contributed by atoms with Gasteiger partial charge in [0.05, 0.1) is 0 Å². The van der Waals surface area contributed by atoms with Crippen LogP contribution in [0, 0.1) is 0 Å². The first-order valence-electron chi connectivity index (χ1n) is 6.00. The molecular formula is C16H10O4. The van der Waals surface area contributed by atoms with Crippen molar-refractivity contribution < 1.29 is 19.8 Å². The summed E-state index contributed by atoms with van der Waals surface area (Å²) in [4.78, 5) is 24.4. The van der Waals surface area contributed by atoms with Crippen LogP contribution in [0.15, 0.2) is 48.5 Å². The van der Waals surface area contributed by atoms with Crippen LogP contribution in [0.25, 0.3) is 5.57 Å². The molecule has 0 unspecified atom stereocenters. The Bertz CT molecular complexity index is 772. The summed E-state index contributed by atoms with van der Waals surface area (Å²) in [7, 11) is 0. The van der Waals surface area contributed by atoms with E-state index < -0.39 is 0 Å². The summed E-state index contributed by atoms with van der Waals surface area (Å²) in [6.07, 6.45) is 1.26. The fourth-order valence-electron chi connectivity index (χ4n) is 2.22. The van der Waals surface area contributed by atoms with Crippen molar-refractivity contribution in [1.82, 2.24) is 0 Å². The summed E-state index contributed by atoms with van der Waals surface area (Å²) in [5.41, 5.74) is 1.34. The number of Topliss-reactive ketones (excluding diaryl/α,β-unsaturated/α-hetero) is 1. The Balaban J connectivity index is 2.14. The van der Waals surface area contributed by atoms with Crippen LogP contribution in [0.4, 0.5) is 0 Å². The van der Waals surface area contributed by atoms with E-state index in [4.69, 9.17) is 0 Å². The van der Waals surface area contributed by atoms with Gasteiger partial charge in [0.15, 0.2) is 23.1 Å². The van der Waals surface area contributed by atoms with Gasteiger partial charge in [0.2, 0.25) is 0 Å². The smallest absolute Gasteiger partial charge is 0.194 e. The number of benzene rings is 2. The Morgan fingerprint density at radius 2 is 1.50 bits per heavy atom. The summed E-state index contributed by atoms with van der Waals surface area (Å²) in [5, 5.41) is 18.8. The third kappa shape index (κ3) is 1.78. The molecule has 1 aliphatic rings. The molecule has 2 N–H and O–H groups in total. The third-order valence-electron chi connectivity index (χ3n) is 3.24. The Morgan fingerprint density at radius 1 is 0.800 bits per heavy atom. The average Bonchev–Trinajstić information content (AvgIpc) is 2.46. The number of phenolic OH excluding ortho intramolecular Hbond substituents is 2. The van der Waals surface area contributed by atoms with Gasteiger partial charge in [-0.25, -0.2) is 0 Å². The van der Waals surface area contributed by atoms with Crippen LogP contribution in [0.3, 0.4) is 0 Å². The van der Waals surface area contributed by atoms with Crippen molar-refractivity contribution in [2.24, 2.45) is 0 Å². The number of hydrogen-bond donors (Lipinski definition) is 2. The van der Waals surface area contributed by atoms with Gasteiger partial charge in [0, 0.05) is 16.7 Å². The molecule has 0 fully saturated rings. The summed E-state index contributed by atoms with van der Waals surface area (Å²) in [5.74, 6) is -1.13. The highest BCUT2D eigenvalue weighted by atomic mass is 16.3. The second-order valence-electron chi connectivity index (χ2n) is 4.50. The molecule has 0 spiro atoms. The zero-order chi connectivity index (χ0) is 14.3. The minimum absolute atomic E-state index is 0.212. The van der Waals surface area contributed by atoms with E-state index >= 15 is 0 Å². The quantitative estimate of drug-likeness (QED) is 0.778. The van der Waals surface area contributed by atoms with Crippen molar-refractivity contribution in [3.05, 3.63) is 65.2 Å². The molecule has 2 aromatic rings.